The second kappa shape index (κ2) is 8.55. The fourth-order valence-electron chi connectivity index (χ4n) is 3.92. The molecule has 0 unspecified atom stereocenters. The monoisotopic (exact) mass is 446 g/mol. The van der Waals surface area contributed by atoms with Crippen molar-refractivity contribution >= 4 is 27.3 Å². The normalized spacial score (nSPS) is 16.4. The highest BCUT2D eigenvalue weighted by molar-refractivity contribution is 7.91. The van der Waals surface area contributed by atoms with Gasteiger partial charge in [0, 0.05) is 13.0 Å². The Morgan fingerprint density at radius 1 is 1.10 bits per heavy atom. The van der Waals surface area contributed by atoms with Crippen molar-refractivity contribution in [1.29, 1.82) is 0 Å². The average Bonchev–Trinajstić information content (AvgIpc) is 3.19. The molecule has 9 heteroatoms. The van der Waals surface area contributed by atoms with E-state index in [-0.39, 0.29) is 28.0 Å². The van der Waals surface area contributed by atoms with E-state index in [0.717, 1.165) is 4.90 Å². The van der Waals surface area contributed by atoms with Gasteiger partial charge in [0.2, 0.25) is 21.7 Å². The third-order valence-electron chi connectivity index (χ3n) is 5.62. The molecule has 2 amide bonds. The lowest BCUT2D eigenvalue weighted by molar-refractivity contribution is -0.124. The zero-order valence-electron chi connectivity index (χ0n) is 18.7. The molecular weight excluding hydrogens is 416 g/mol. The van der Waals surface area contributed by atoms with Crippen LogP contribution in [0.4, 0.5) is 5.69 Å². The number of rotatable bonds is 8. The number of hydrogen-bond donors (Lipinski definition) is 1. The van der Waals surface area contributed by atoms with E-state index >= 15 is 0 Å². The Morgan fingerprint density at radius 2 is 1.74 bits per heavy atom. The van der Waals surface area contributed by atoms with Crippen LogP contribution in [-0.2, 0) is 38.8 Å². The molecule has 168 valence electrons. The number of anilines is 1. The zero-order valence-corrected chi connectivity index (χ0v) is 19.5. The topological polar surface area (TPSA) is 101 Å². The van der Waals surface area contributed by atoms with E-state index in [1.54, 1.807) is 18.5 Å². The average molecular weight is 447 g/mol. The maximum Gasteiger partial charge on any atom is 0.239 e. The summed E-state index contributed by atoms with van der Waals surface area (Å²) in [5, 5.41) is 7.61. The number of nitrogens with zero attached hydrogens (tertiary/aromatic N) is 3. The van der Waals surface area contributed by atoms with Crippen LogP contribution in [0.2, 0.25) is 0 Å². The van der Waals surface area contributed by atoms with Gasteiger partial charge in [-0.1, -0.05) is 27.7 Å². The smallest absolute Gasteiger partial charge is 0.239 e. The van der Waals surface area contributed by atoms with E-state index in [2.05, 4.69) is 10.4 Å². The number of imide groups is 1. The van der Waals surface area contributed by atoms with Crippen LogP contribution in [0.5, 0.6) is 0 Å². The first kappa shape index (κ1) is 23.1. The van der Waals surface area contributed by atoms with Gasteiger partial charge in [0.15, 0.2) is 0 Å². The standard InChI is InChI=1S/C22H30N4O4S/c1-6-17-20(18(7-2)25(24-17)13-12-23-5)31(29,30)16-10-8-15(9-11-16)26-19(27)14-22(3,4)21(26)28/h8-11,23H,6-7,12-14H2,1-5H3. The van der Waals surface area contributed by atoms with Gasteiger partial charge in [0.05, 0.1) is 33.9 Å². The first-order chi connectivity index (χ1) is 14.6. The van der Waals surface area contributed by atoms with Gasteiger partial charge in [-0.2, -0.15) is 5.10 Å². The molecule has 2 aromatic rings. The van der Waals surface area contributed by atoms with Gasteiger partial charge >= 0.3 is 0 Å². The summed E-state index contributed by atoms with van der Waals surface area (Å²) in [5.74, 6) is -0.557. The summed E-state index contributed by atoms with van der Waals surface area (Å²) in [6.45, 7) is 8.53. The molecule has 1 fully saturated rings. The number of benzene rings is 1. The van der Waals surface area contributed by atoms with Crippen LogP contribution in [0.25, 0.3) is 0 Å². The maximum absolute atomic E-state index is 13.5. The summed E-state index contributed by atoms with van der Waals surface area (Å²) in [5.41, 5.74) is 0.859. The lowest BCUT2D eigenvalue weighted by Gasteiger charge is -2.18. The Hall–Kier alpha value is -2.52. The molecule has 1 aromatic carbocycles. The number of hydrogen-bond acceptors (Lipinski definition) is 6. The van der Waals surface area contributed by atoms with Crippen LogP contribution in [-0.4, -0.2) is 43.6 Å². The van der Waals surface area contributed by atoms with E-state index in [9.17, 15) is 18.0 Å². The van der Waals surface area contributed by atoms with E-state index < -0.39 is 15.3 Å². The molecule has 1 aliphatic heterocycles. The number of likely N-dealkylation sites (N-methyl/N-ethyl adjacent to an activating group) is 1. The minimum absolute atomic E-state index is 0.118. The lowest BCUT2D eigenvalue weighted by Crippen LogP contribution is -2.32. The van der Waals surface area contributed by atoms with E-state index in [1.165, 1.54) is 24.3 Å². The molecular formula is C22H30N4O4S. The van der Waals surface area contributed by atoms with Crippen LogP contribution in [0.15, 0.2) is 34.1 Å². The predicted octanol–water partition coefficient (Wildman–Crippen LogP) is 2.35. The number of amides is 2. The molecule has 0 radical (unpaired) electrons. The molecule has 0 bridgehead atoms. The van der Waals surface area contributed by atoms with E-state index in [1.807, 2.05) is 20.9 Å². The summed E-state index contributed by atoms with van der Waals surface area (Å²) in [6.07, 6.45) is 1.17. The first-order valence-corrected chi connectivity index (χ1v) is 12.0. The Morgan fingerprint density at radius 3 is 2.23 bits per heavy atom. The minimum Gasteiger partial charge on any atom is -0.318 e. The van der Waals surface area contributed by atoms with Crippen molar-refractivity contribution in [3.05, 3.63) is 35.7 Å². The van der Waals surface area contributed by atoms with Crippen molar-refractivity contribution in [3.8, 4) is 0 Å². The molecule has 1 saturated heterocycles. The molecule has 31 heavy (non-hydrogen) atoms. The highest BCUT2D eigenvalue weighted by Crippen LogP contribution is 2.36. The summed E-state index contributed by atoms with van der Waals surface area (Å²) in [4.78, 5) is 26.4. The molecule has 0 saturated carbocycles. The molecule has 8 nitrogen and oxygen atoms in total. The van der Waals surface area contributed by atoms with Crippen molar-refractivity contribution in [2.75, 3.05) is 18.5 Å². The third-order valence-corrected chi connectivity index (χ3v) is 7.52. The summed E-state index contributed by atoms with van der Waals surface area (Å²) < 4.78 is 28.8. The lowest BCUT2D eigenvalue weighted by atomic mass is 9.92. The number of nitrogens with one attached hydrogen (secondary N) is 1. The molecule has 1 aromatic heterocycles. The fourth-order valence-corrected chi connectivity index (χ4v) is 5.71. The second-order valence-electron chi connectivity index (χ2n) is 8.35. The van der Waals surface area contributed by atoms with Crippen LogP contribution in [0.1, 0.15) is 45.5 Å². The molecule has 2 heterocycles. The molecule has 0 atom stereocenters. The second-order valence-corrected chi connectivity index (χ2v) is 10.2. The van der Waals surface area contributed by atoms with Gasteiger partial charge in [-0.3, -0.25) is 19.2 Å². The van der Waals surface area contributed by atoms with Crippen LogP contribution in [0.3, 0.4) is 0 Å². The van der Waals surface area contributed by atoms with Gasteiger partial charge in [0.1, 0.15) is 4.90 Å². The van der Waals surface area contributed by atoms with Crippen LogP contribution < -0.4 is 10.2 Å². The largest absolute Gasteiger partial charge is 0.318 e. The molecule has 3 rings (SSSR count). The summed E-state index contributed by atoms with van der Waals surface area (Å²) >= 11 is 0. The van der Waals surface area contributed by atoms with Crippen molar-refractivity contribution in [2.45, 2.75) is 63.3 Å². The Kier molecular flexibility index (Phi) is 6.38. The van der Waals surface area contributed by atoms with E-state index in [0.29, 0.717) is 43.0 Å². The fraction of sp³-hybridized carbons (Fsp3) is 0.500. The Balaban J connectivity index is 2.01. The molecule has 0 aliphatic carbocycles. The van der Waals surface area contributed by atoms with Gasteiger partial charge in [0.25, 0.3) is 0 Å². The molecule has 0 spiro atoms. The Labute approximate surface area is 183 Å². The summed E-state index contributed by atoms with van der Waals surface area (Å²) in [6, 6.07) is 5.96. The molecule has 1 aliphatic rings. The third kappa shape index (κ3) is 4.04. The van der Waals surface area contributed by atoms with Crippen molar-refractivity contribution in [3.63, 3.8) is 0 Å². The van der Waals surface area contributed by atoms with Gasteiger partial charge in [-0.15, -0.1) is 0 Å². The number of aromatic nitrogens is 2. The number of aryl methyl sites for hydroxylation is 1. The number of sulfone groups is 1. The van der Waals surface area contributed by atoms with Crippen LogP contribution in [0, 0.1) is 5.41 Å². The number of carbonyl (C=O) groups excluding carboxylic acids is 2. The van der Waals surface area contributed by atoms with Gasteiger partial charge in [-0.05, 0) is 44.2 Å². The van der Waals surface area contributed by atoms with Crippen LogP contribution >= 0.6 is 0 Å². The number of carbonyl (C=O) groups is 2. The highest BCUT2D eigenvalue weighted by atomic mass is 32.2. The quantitative estimate of drug-likeness (QED) is 0.625. The zero-order chi connectivity index (χ0) is 23.0. The maximum atomic E-state index is 13.5. The predicted molar refractivity (Wildman–Crippen MR) is 118 cm³/mol. The first-order valence-electron chi connectivity index (χ1n) is 10.5. The van der Waals surface area contributed by atoms with E-state index in [4.69, 9.17) is 0 Å². The summed E-state index contributed by atoms with van der Waals surface area (Å²) in [7, 11) is -1.97. The van der Waals surface area contributed by atoms with Crippen molar-refractivity contribution in [1.82, 2.24) is 15.1 Å². The molecule has 1 N–H and O–H groups in total. The van der Waals surface area contributed by atoms with Crippen molar-refractivity contribution < 1.29 is 18.0 Å². The van der Waals surface area contributed by atoms with Gasteiger partial charge in [-0.25, -0.2) is 8.42 Å². The SMILES string of the molecule is CCc1nn(CCNC)c(CC)c1S(=O)(=O)c1ccc(N2C(=O)CC(C)(C)C2=O)cc1. The van der Waals surface area contributed by atoms with Crippen molar-refractivity contribution in [2.24, 2.45) is 5.41 Å². The van der Waals surface area contributed by atoms with Gasteiger partial charge < -0.3 is 5.32 Å². The highest BCUT2D eigenvalue weighted by Gasteiger charge is 2.45. The Bertz CT molecular complexity index is 1100. The minimum atomic E-state index is -3.81.